The number of alkyl halides is 2. The average Bonchev–Trinajstić information content (AvgIpc) is 2.38. The molecule has 0 aromatic carbocycles. The normalized spacial score (nSPS) is 42.3. The lowest BCUT2D eigenvalue weighted by Crippen LogP contribution is -2.11. The minimum Gasteiger partial charge on any atom is -0.481 e. The van der Waals surface area contributed by atoms with E-state index in [0.717, 1.165) is 0 Å². The van der Waals surface area contributed by atoms with Crippen LogP contribution in [-0.4, -0.2) is 17.0 Å². The van der Waals surface area contributed by atoms with Gasteiger partial charge in [0.2, 0.25) is 0 Å². The largest absolute Gasteiger partial charge is 0.481 e. The molecule has 0 radical (unpaired) electrons. The maximum absolute atomic E-state index is 12.6. The Bertz CT molecular complexity index is 213. The first kappa shape index (κ1) is 7.95. The SMILES string of the molecule is O=C(O)CC1CC2C(C1)C2(F)F. The molecule has 1 N–H and O–H groups in total. The van der Waals surface area contributed by atoms with Gasteiger partial charge in [0.25, 0.3) is 5.92 Å². The van der Waals surface area contributed by atoms with E-state index in [-0.39, 0.29) is 12.3 Å². The van der Waals surface area contributed by atoms with Gasteiger partial charge in [-0.2, -0.15) is 0 Å². The van der Waals surface area contributed by atoms with Crippen LogP contribution < -0.4 is 0 Å². The molecule has 0 amide bonds. The summed E-state index contributed by atoms with van der Waals surface area (Å²) < 4.78 is 25.2. The second kappa shape index (κ2) is 2.18. The van der Waals surface area contributed by atoms with E-state index < -0.39 is 23.7 Å². The van der Waals surface area contributed by atoms with Crippen LogP contribution in [0.4, 0.5) is 8.78 Å². The van der Waals surface area contributed by atoms with Crippen LogP contribution >= 0.6 is 0 Å². The summed E-state index contributed by atoms with van der Waals surface area (Å²) in [7, 11) is 0. The summed E-state index contributed by atoms with van der Waals surface area (Å²) in [6, 6.07) is 0. The fourth-order valence-corrected chi connectivity index (χ4v) is 2.33. The molecule has 0 aromatic rings. The molecule has 4 heteroatoms. The van der Waals surface area contributed by atoms with Gasteiger partial charge in [0.05, 0.1) is 0 Å². The molecule has 2 fully saturated rings. The van der Waals surface area contributed by atoms with Gasteiger partial charge in [0.15, 0.2) is 0 Å². The highest BCUT2D eigenvalue weighted by Crippen LogP contribution is 2.66. The molecule has 0 aromatic heterocycles. The number of fused-ring (bicyclic) bond motifs is 1. The van der Waals surface area contributed by atoms with E-state index in [9.17, 15) is 13.6 Å². The van der Waals surface area contributed by atoms with Crippen LogP contribution in [0.3, 0.4) is 0 Å². The summed E-state index contributed by atoms with van der Waals surface area (Å²) in [5.41, 5.74) is 0. The minimum absolute atomic E-state index is 0.00266. The van der Waals surface area contributed by atoms with Crippen molar-refractivity contribution in [2.45, 2.75) is 25.2 Å². The van der Waals surface area contributed by atoms with Gasteiger partial charge in [-0.05, 0) is 18.8 Å². The third kappa shape index (κ3) is 1.01. The predicted octanol–water partition coefficient (Wildman–Crippen LogP) is 1.75. The zero-order valence-electron chi connectivity index (χ0n) is 6.46. The van der Waals surface area contributed by atoms with Gasteiger partial charge in [-0.25, -0.2) is 8.78 Å². The topological polar surface area (TPSA) is 37.3 Å². The zero-order chi connectivity index (χ0) is 8.93. The Hall–Kier alpha value is -0.670. The summed E-state index contributed by atoms with van der Waals surface area (Å²) in [4.78, 5) is 10.3. The van der Waals surface area contributed by atoms with Crippen LogP contribution in [0.25, 0.3) is 0 Å². The van der Waals surface area contributed by atoms with Gasteiger partial charge in [0.1, 0.15) is 0 Å². The van der Waals surface area contributed by atoms with Crippen LogP contribution in [0, 0.1) is 17.8 Å². The molecule has 2 nitrogen and oxygen atoms in total. The Labute approximate surface area is 68.6 Å². The van der Waals surface area contributed by atoms with Crippen LogP contribution in [0.1, 0.15) is 19.3 Å². The van der Waals surface area contributed by atoms with E-state index in [0.29, 0.717) is 12.8 Å². The molecule has 2 atom stereocenters. The lowest BCUT2D eigenvalue weighted by Gasteiger charge is -2.10. The number of aliphatic carboxylic acids is 1. The zero-order valence-corrected chi connectivity index (χ0v) is 6.46. The Morgan fingerprint density at radius 1 is 1.42 bits per heavy atom. The predicted molar refractivity (Wildman–Crippen MR) is 36.9 cm³/mol. The van der Waals surface area contributed by atoms with Gasteiger partial charge in [-0.15, -0.1) is 0 Å². The molecule has 2 aliphatic carbocycles. The quantitative estimate of drug-likeness (QED) is 0.695. The van der Waals surface area contributed by atoms with Crippen molar-refractivity contribution >= 4 is 5.97 Å². The average molecular weight is 176 g/mol. The Morgan fingerprint density at radius 2 is 1.92 bits per heavy atom. The van der Waals surface area contributed by atoms with Crippen molar-refractivity contribution in [1.29, 1.82) is 0 Å². The van der Waals surface area contributed by atoms with Gasteiger partial charge < -0.3 is 5.11 Å². The van der Waals surface area contributed by atoms with Crippen molar-refractivity contribution in [3.8, 4) is 0 Å². The van der Waals surface area contributed by atoms with Crippen molar-refractivity contribution in [3.63, 3.8) is 0 Å². The third-order valence-corrected chi connectivity index (χ3v) is 3.00. The van der Waals surface area contributed by atoms with Crippen molar-refractivity contribution in [2.24, 2.45) is 17.8 Å². The number of halogens is 2. The molecule has 0 bridgehead atoms. The summed E-state index contributed by atoms with van der Waals surface area (Å²) in [6.45, 7) is 0. The number of carboxylic acid groups (broad SMARTS) is 1. The maximum atomic E-state index is 12.6. The molecule has 2 rings (SSSR count). The van der Waals surface area contributed by atoms with E-state index in [1.165, 1.54) is 0 Å². The van der Waals surface area contributed by atoms with E-state index in [4.69, 9.17) is 5.11 Å². The highest BCUT2D eigenvalue weighted by molar-refractivity contribution is 5.67. The van der Waals surface area contributed by atoms with E-state index in [2.05, 4.69) is 0 Å². The van der Waals surface area contributed by atoms with E-state index in [1.807, 2.05) is 0 Å². The lowest BCUT2D eigenvalue weighted by molar-refractivity contribution is -0.138. The van der Waals surface area contributed by atoms with E-state index in [1.54, 1.807) is 0 Å². The number of rotatable bonds is 2. The standard InChI is InChI=1S/C8H10F2O2/c9-8(10)5-1-4(2-6(5)8)3-7(11)12/h4-6H,1-3H2,(H,11,12). The van der Waals surface area contributed by atoms with Crippen LogP contribution in [0.2, 0.25) is 0 Å². The Kier molecular flexibility index (Phi) is 1.44. The summed E-state index contributed by atoms with van der Waals surface area (Å²) in [5, 5.41) is 8.42. The molecule has 12 heavy (non-hydrogen) atoms. The first-order valence-electron chi connectivity index (χ1n) is 4.11. The molecule has 2 unspecified atom stereocenters. The summed E-state index contributed by atoms with van der Waals surface area (Å²) >= 11 is 0. The third-order valence-electron chi connectivity index (χ3n) is 3.00. The molecule has 2 saturated carbocycles. The molecular formula is C8H10F2O2. The summed E-state index contributed by atoms with van der Waals surface area (Å²) in [5.74, 6) is -4.33. The molecule has 0 aliphatic heterocycles. The van der Waals surface area contributed by atoms with E-state index >= 15 is 0 Å². The number of hydrogen-bond donors (Lipinski definition) is 1. The van der Waals surface area contributed by atoms with Gasteiger partial charge in [0, 0.05) is 18.3 Å². The fourth-order valence-electron chi connectivity index (χ4n) is 2.33. The smallest absolute Gasteiger partial charge is 0.303 e. The Balaban J connectivity index is 1.86. The highest BCUT2D eigenvalue weighted by Gasteiger charge is 2.71. The van der Waals surface area contributed by atoms with Crippen molar-refractivity contribution in [1.82, 2.24) is 0 Å². The van der Waals surface area contributed by atoms with Gasteiger partial charge in [-0.1, -0.05) is 0 Å². The lowest BCUT2D eigenvalue weighted by atomic mass is 9.99. The highest BCUT2D eigenvalue weighted by atomic mass is 19.3. The number of hydrogen-bond acceptors (Lipinski definition) is 1. The first-order chi connectivity index (χ1) is 5.51. The second-order valence-electron chi connectivity index (χ2n) is 3.82. The molecule has 68 valence electrons. The van der Waals surface area contributed by atoms with Gasteiger partial charge >= 0.3 is 5.97 Å². The summed E-state index contributed by atoms with van der Waals surface area (Å²) in [6.07, 6.45) is 0.872. The molecule has 0 spiro atoms. The fraction of sp³-hybridized carbons (Fsp3) is 0.875. The second-order valence-corrected chi connectivity index (χ2v) is 3.82. The Morgan fingerprint density at radius 3 is 2.33 bits per heavy atom. The first-order valence-corrected chi connectivity index (χ1v) is 4.11. The van der Waals surface area contributed by atoms with Crippen molar-refractivity contribution in [2.75, 3.05) is 0 Å². The molecular weight excluding hydrogens is 166 g/mol. The monoisotopic (exact) mass is 176 g/mol. The van der Waals surface area contributed by atoms with Crippen LogP contribution in [-0.2, 0) is 4.79 Å². The van der Waals surface area contributed by atoms with Crippen molar-refractivity contribution < 1.29 is 18.7 Å². The van der Waals surface area contributed by atoms with Gasteiger partial charge in [-0.3, -0.25) is 4.79 Å². The number of carboxylic acids is 1. The molecule has 2 aliphatic rings. The maximum Gasteiger partial charge on any atom is 0.303 e. The van der Waals surface area contributed by atoms with Crippen LogP contribution in [0.15, 0.2) is 0 Å². The van der Waals surface area contributed by atoms with Crippen molar-refractivity contribution in [3.05, 3.63) is 0 Å². The van der Waals surface area contributed by atoms with Crippen LogP contribution in [0.5, 0.6) is 0 Å². The number of carbonyl (C=O) groups is 1. The molecule has 0 saturated heterocycles. The molecule has 0 heterocycles. The minimum atomic E-state index is -2.46.